The van der Waals surface area contributed by atoms with Crippen molar-refractivity contribution in [1.82, 2.24) is 10.6 Å². The second-order valence-electron chi connectivity index (χ2n) is 4.36. The molecular weight excluding hydrogens is 222 g/mol. The van der Waals surface area contributed by atoms with Gasteiger partial charge >= 0.3 is 0 Å². The Bertz CT molecular complexity index is 430. The number of nitrogens with zero attached hydrogens (tertiary/aromatic N) is 1. The molecule has 0 spiro atoms. The molecule has 2 N–H and O–H groups in total. The van der Waals surface area contributed by atoms with Gasteiger partial charge in [-0.05, 0) is 17.7 Å². The highest BCUT2D eigenvalue weighted by Crippen LogP contribution is 2.15. The van der Waals surface area contributed by atoms with Crippen LogP contribution in [0.25, 0.3) is 0 Å². The number of hydrogen-bond acceptors (Lipinski definition) is 3. The van der Waals surface area contributed by atoms with E-state index in [9.17, 15) is 0 Å². The maximum Gasteiger partial charge on any atom is 0.102 e. The first-order valence-electron chi connectivity index (χ1n) is 5.59. The molecule has 0 saturated carbocycles. The molecule has 0 bridgehead atoms. The van der Waals surface area contributed by atoms with E-state index in [-0.39, 0.29) is 0 Å². The monoisotopic (exact) mass is 235 g/mol. The Kier molecular flexibility index (Phi) is 2.58. The predicted octanol–water partition coefficient (Wildman–Crippen LogP) is 1.22. The van der Waals surface area contributed by atoms with E-state index in [0.29, 0.717) is 12.1 Å². The van der Waals surface area contributed by atoms with Crippen LogP contribution in [0.15, 0.2) is 29.3 Å². The Morgan fingerprint density at radius 2 is 2.31 bits per heavy atom. The first kappa shape index (κ1) is 10.1. The van der Waals surface area contributed by atoms with Crippen LogP contribution < -0.4 is 10.6 Å². The van der Waals surface area contributed by atoms with E-state index in [1.165, 1.54) is 5.56 Å². The van der Waals surface area contributed by atoms with E-state index in [4.69, 9.17) is 11.6 Å². The second kappa shape index (κ2) is 4.07. The number of aliphatic imine (C=N–C) groups is 1. The Balaban J connectivity index is 1.72. The third-order valence-electron chi connectivity index (χ3n) is 3.12. The summed E-state index contributed by atoms with van der Waals surface area (Å²) in [5.41, 5.74) is 1.21. The largest absolute Gasteiger partial charge is 0.367 e. The molecule has 1 aromatic rings. The van der Waals surface area contributed by atoms with Crippen molar-refractivity contribution in [1.29, 1.82) is 0 Å². The summed E-state index contributed by atoms with van der Waals surface area (Å²) in [5, 5.41) is 7.58. The molecule has 0 aliphatic carbocycles. The number of rotatable bonds is 2. The molecule has 1 fully saturated rings. The van der Waals surface area contributed by atoms with Crippen LogP contribution in [0.5, 0.6) is 0 Å². The summed E-state index contributed by atoms with van der Waals surface area (Å²) in [6.07, 6.45) is 0.855. The summed E-state index contributed by atoms with van der Waals surface area (Å²) in [5.74, 6) is 1.10. The van der Waals surface area contributed by atoms with E-state index >= 15 is 0 Å². The zero-order valence-electron chi connectivity index (χ0n) is 8.91. The lowest BCUT2D eigenvalue weighted by molar-refractivity contribution is 0.636. The lowest BCUT2D eigenvalue weighted by Crippen LogP contribution is -2.35. The molecule has 3 rings (SSSR count). The average molecular weight is 236 g/mol. The lowest BCUT2D eigenvalue weighted by atomic mass is 10.1. The topological polar surface area (TPSA) is 36.4 Å². The van der Waals surface area contributed by atoms with Gasteiger partial charge in [-0.25, -0.2) is 0 Å². The summed E-state index contributed by atoms with van der Waals surface area (Å²) in [6, 6.07) is 8.88. The van der Waals surface area contributed by atoms with Crippen molar-refractivity contribution in [3.05, 3.63) is 34.9 Å². The molecule has 0 amide bonds. The van der Waals surface area contributed by atoms with Gasteiger partial charge in [-0.1, -0.05) is 23.7 Å². The average Bonchev–Trinajstić information content (AvgIpc) is 2.77. The molecule has 0 radical (unpaired) electrons. The summed E-state index contributed by atoms with van der Waals surface area (Å²) in [7, 11) is 0. The zero-order chi connectivity index (χ0) is 11.0. The van der Waals surface area contributed by atoms with Gasteiger partial charge in [0.2, 0.25) is 0 Å². The fourth-order valence-corrected chi connectivity index (χ4v) is 2.55. The molecule has 3 nitrogen and oxygen atoms in total. The molecule has 1 saturated heterocycles. The molecular formula is C12H14ClN3. The molecule has 84 valence electrons. The number of fused-ring (bicyclic) bond motifs is 1. The van der Waals surface area contributed by atoms with Crippen molar-refractivity contribution in [2.24, 2.45) is 4.99 Å². The fraction of sp³-hybridized carbons (Fsp3) is 0.417. The van der Waals surface area contributed by atoms with Gasteiger partial charge in [0, 0.05) is 24.5 Å². The van der Waals surface area contributed by atoms with Crippen molar-refractivity contribution in [3.8, 4) is 0 Å². The quantitative estimate of drug-likeness (QED) is 0.809. The minimum Gasteiger partial charge on any atom is -0.367 e. The molecule has 2 atom stereocenters. The van der Waals surface area contributed by atoms with Crippen molar-refractivity contribution in [2.75, 3.05) is 13.1 Å². The van der Waals surface area contributed by atoms with Crippen LogP contribution in [0.1, 0.15) is 5.56 Å². The third kappa shape index (κ3) is 1.93. The van der Waals surface area contributed by atoms with Gasteiger partial charge in [0.15, 0.2) is 0 Å². The van der Waals surface area contributed by atoms with Crippen molar-refractivity contribution in [2.45, 2.75) is 18.5 Å². The van der Waals surface area contributed by atoms with Crippen LogP contribution in [0, 0.1) is 0 Å². The van der Waals surface area contributed by atoms with Gasteiger partial charge in [-0.3, -0.25) is 4.99 Å². The molecule has 2 aliphatic heterocycles. The molecule has 1 aromatic carbocycles. The van der Waals surface area contributed by atoms with Gasteiger partial charge in [0.25, 0.3) is 0 Å². The van der Waals surface area contributed by atoms with Crippen LogP contribution in [-0.4, -0.2) is 31.0 Å². The highest BCUT2D eigenvalue weighted by Gasteiger charge is 2.32. The maximum absolute atomic E-state index is 5.96. The Morgan fingerprint density at radius 1 is 1.38 bits per heavy atom. The summed E-state index contributed by atoms with van der Waals surface area (Å²) in [4.78, 5) is 4.67. The number of benzene rings is 1. The number of nitrogens with one attached hydrogen (secondary N) is 2. The molecule has 2 aliphatic rings. The maximum atomic E-state index is 5.96. The van der Waals surface area contributed by atoms with Crippen LogP contribution >= 0.6 is 11.6 Å². The molecule has 0 aromatic heterocycles. The van der Waals surface area contributed by atoms with Crippen molar-refractivity contribution >= 4 is 17.4 Å². The van der Waals surface area contributed by atoms with Gasteiger partial charge < -0.3 is 10.6 Å². The van der Waals surface area contributed by atoms with Crippen LogP contribution in [0.2, 0.25) is 5.02 Å². The highest BCUT2D eigenvalue weighted by atomic mass is 35.5. The van der Waals surface area contributed by atoms with E-state index in [1.807, 2.05) is 18.2 Å². The van der Waals surface area contributed by atoms with E-state index in [2.05, 4.69) is 21.7 Å². The van der Waals surface area contributed by atoms with E-state index < -0.39 is 0 Å². The third-order valence-corrected chi connectivity index (χ3v) is 3.35. The van der Waals surface area contributed by atoms with Gasteiger partial charge in [-0.15, -0.1) is 0 Å². The van der Waals surface area contributed by atoms with Crippen molar-refractivity contribution < 1.29 is 0 Å². The predicted molar refractivity (Wildman–Crippen MR) is 66.2 cm³/mol. The summed E-state index contributed by atoms with van der Waals surface area (Å²) >= 11 is 5.96. The van der Waals surface area contributed by atoms with Crippen LogP contribution in [0.3, 0.4) is 0 Å². The van der Waals surface area contributed by atoms with Gasteiger partial charge in [-0.2, -0.15) is 0 Å². The minimum absolute atomic E-state index is 0.425. The molecule has 2 unspecified atom stereocenters. The van der Waals surface area contributed by atoms with Crippen LogP contribution in [0.4, 0.5) is 0 Å². The highest BCUT2D eigenvalue weighted by molar-refractivity contribution is 6.30. The number of halogens is 1. The van der Waals surface area contributed by atoms with Crippen LogP contribution in [-0.2, 0) is 6.42 Å². The molecule has 16 heavy (non-hydrogen) atoms. The number of hydrogen-bond donors (Lipinski definition) is 2. The Labute approximate surface area is 99.9 Å². The van der Waals surface area contributed by atoms with Crippen molar-refractivity contribution in [3.63, 3.8) is 0 Å². The molecule has 2 heterocycles. The molecule has 4 heteroatoms. The first-order valence-corrected chi connectivity index (χ1v) is 5.97. The standard InChI is InChI=1S/C12H14ClN3/c13-9-3-1-2-8(4-9)5-12-15-10-6-14-7-11(10)16-12/h1-4,10-11,14H,5-7H2,(H,15,16). The summed E-state index contributed by atoms with van der Waals surface area (Å²) in [6.45, 7) is 2.02. The zero-order valence-corrected chi connectivity index (χ0v) is 9.67. The Morgan fingerprint density at radius 3 is 3.12 bits per heavy atom. The SMILES string of the molecule is Clc1cccc(CC2=NC3CNCC3N2)c1. The van der Waals surface area contributed by atoms with E-state index in [1.54, 1.807) is 0 Å². The first-order chi connectivity index (χ1) is 7.81. The van der Waals surface area contributed by atoms with E-state index in [0.717, 1.165) is 30.4 Å². The van der Waals surface area contributed by atoms with Gasteiger partial charge in [0.05, 0.1) is 12.1 Å². The van der Waals surface area contributed by atoms with Gasteiger partial charge in [0.1, 0.15) is 5.84 Å². The number of amidine groups is 1. The summed E-state index contributed by atoms with van der Waals surface area (Å²) < 4.78 is 0. The minimum atomic E-state index is 0.425. The second-order valence-corrected chi connectivity index (χ2v) is 4.80. The Hall–Kier alpha value is -1.06. The normalized spacial score (nSPS) is 27.4. The fourth-order valence-electron chi connectivity index (χ4n) is 2.34. The lowest BCUT2D eigenvalue weighted by Gasteiger charge is -2.08. The smallest absolute Gasteiger partial charge is 0.102 e.